The second-order valence-electron chi connectivity index (χ2n) is 7.81. The summed E-state index contributed by atoms with van der Waals surface area (Å²) in [6.07, 6.45) is 17.3. The maximum Gasteiger partial charge on any atom is 0.328 e. The lowest BCUT2D eigenvalue weighted by atomic mass is 10.0. The molecule has 0 aromatic rings. The van der Waals surface area contributed by atoms with Crippen molar-refractivity contribution in [2.45, 2.75) is 117 Å². The summed E-state index contributed by atoms with van der Waals surface area (Å²) in [7, 11) is 1.36. The van der Waals surface area contributed by atoms with Gasteiger partial charge < -0.3 is 10.1 Å². The number of carbonyl (C=O) groups is 2. The third-order valence-corrected chi connectivity index (χ3v) is 4.95. The van der Waals surface area contributed by atoms with Gasteiger partial charge in [-0.3, -0.25) is 4.79 Å². The van der Waals surface area contributed by atoms with Crippen molar-refractivity contribution in [2.24, 2.45) is 5.92 Å². The maximum atomic E-state index is 12.0. The van der Waals surface area contributed by atoms with Crippen LogP contribution in [-0.2, 0) is 14.3 Å². The predicted octanol–water partition coefficient (Wildman–Crippen LogP) is 5.78. The molecule has 0 saturated carbocycles. The molecule has 1 atom stereocenters. The summed E-state index contributed by atoms with van der Waals surface area (Å²) in [6.45, 7) is 6.08. The Bertz CT molecular complexity index is 355. The molecule has 0 aliphatic heterocycles. The highest BCUT2D eigenvalue weighted by atomic mass is 16.5. The first-order chi connectivity index (χ1) is 12.5. The number of methoxy groups -OCH3 is 1. The predicted molar refractivity (Wildman–Crippen MR) is 109 cm³/mol. The Morgan fingerprint density at radius 3 is 1.58 bits per heavy atom. The molecule has 1 amide bonds. The fourth-order valence-corrected chi connectivity index (χ4v) is 3.17. The monoisotopic (exact) mass is 369 g/mol. The van der Waals surface area contributed by atoms with E-state index in [0.717, 1.165) is 12.8 Å². The number of amides is 1. The van der Waals surface area contributed by atoms with Crippen LogP contribution in [0.2, 0.25) is 0 Å². The summed E-state index contributed by atoms with van der Waals surface area (Å²) < 4.78 is 4.74. The SMILES string of the molecule is CCCCCCCCCCCCCCCC(=O)N[C@H](C(=O)OC)C(C)C. The third kappa shape index (κ3) is 14.1. The lowest BCUT2D eigenvalue weighted by Crippen LogP contribution is -2.44. The molecule has 26 heavy (non-hydrogen) atoms. The Labute approximate surface area is 161 Å². The molecule has 0 saturated heterocycles. The molecule has 154 valence electrons. The second kappa shape index (κ2) is 17.4. The van der Waals surface area contributed by atoms with E-state index in [0.29, 0.717) is 6.42 Å². The van der Waals surface area contributed by atoms with Gasteiger partial charge in [-0.1, -0.05) is 97.8 Å². The zero-order chi connectivity index (χ0) is 19.6. The normalized spacial score (nSPS) is 12.2. The molecular weight excluding hydrogens is 326 g/mol. The average Bonchev–Trinajstić information content (AvgIpc) is 2.62. The largest absolute Gasteiger partial charge is 0.467 e. The summed E-state index contributed by atoms with van der Waals surface area (Å²) >= 11 is 0. The molecule has 0 aromatic heterocycles. The van der Waals surface area contributed by atoms with Gasteiger partial charge in [0.2, 0.25) is 5.91 Å². The minimum atomic E-state index is -0.533. The van der Waals surface area contributed by atoms with Gasteiger partial charge in [-0.25, -0.2) is 4.79 Å². The molecule has 0 spiro atoms. The van der Waals surface area contributed by atoms with Crippen molar-refractivity contribution in [3.63, 3.8) is 0 Å². The smallest absolute Gasteiger partial charge is 0.328 e. The van der Waals surface area contributed by atoms with Crippen molar-refractivity contribution >= 4 is 11.9 Å². The number of hydrogen-bond acceptors (Lipinski definition) is 3. The van der Waals surface area contributed by atoms with Crippen molar-refractivity contribution in [3.05, 3.63) is 0 Å². The van der Waals surface area contributed by atoms with Gasteiger partial charge in [0.25, 0.3) is 0 Å². The first kappa shape index (κ1) is 24.9. The minimum absolute atomic E-state index is 0.0399. The van der Waals surface area contributed by atoms with Gasteiger partial charge >= 0.3 is 5.97 Å². The van der Waals surface area contributed by atoms with Gasteiger partial charge in [-0.2, -0.15) is 0 Å². The van der Waals surface area contributed by atoms with Crippen LogP contribution in [0.5, 0.6) is 0 Å². The van der Waals surface area contributed by atoms with E-state index in [2.05, 4.69) is 12.2 Å². The molecule has 4 heteroatoms. The molecule has 1 N–H and O–H groups in total. The highest BCUT2D eigenvalue weighted by Crippen LogP contribution is 2.13. The highest BCUT2D eigenvalue weighted by Gasteiger charge is 2.24. The van der Waals surface area contributed by atoms with E-state index in [1.807, 2.05) is 13.8 Å². The third-order valence-electron chi connectivity index (χ3n) is 4.95. The standard InChI is InChI=1S/C22H43NO3/c1-5-6-7-8-9-10-11-12-13-14-15-16-17-18-20(24)23-21(19(2)3)22(25)26-4/h19,21H,5-18H2,1-4H3,(H,23,24)/t21-/m0/s1. The van der Waals surface area contributed by atoms with Gasteiger partial charge in [0, 0.05) is 6.42 Å². The van der Waals surface area contributed by atoms with Gasteiger partial charge in [-0.15, -0.1) is 0 Å². The Morgan fingerprint density at radius 1 is 0.769 bits per heavy atom. The topological polar surface area (TPSA) is 55.4 Å². The molecule has 0 unspecified atom stereocenters. The van der Waals surface area contributed by atoms with Crippen LogP contribution >= 0.6 is 0 Å². The first-order valence-electron chi connectivity index (χ1n) is 10.9. The van der Waals surface area contributed by atoms with E-state index < -0.39 is 6.04 Å². The molecule has 4 nitrogen and oxygen atoms in total. The molecule has 0 heterocycles. The van der Waals surface area contributed by atoms with Gasteiger partial charge in [0.15, 0.2) is 0 Å². The van der Waals surface area contributed by atoms with E-state index in [1.165, 1.54) is 77.7 Å². The van der Waals surface area contributed by atoms with Crippen LogP contribution in [0.1, 0.15) is 111 Å². The van der Waals surface area contributed by atoms with E-state index >= 15 is 0 Å². The lowest BCUT2D eigenvalue weighted by molar-refractivity contribution is -0.146. The summed E-state index contributed by atoms with van der Waals surface area (Å²) in [5.74, 6) is -0.367. The number of rotatable bonds is 17. The van der Waals surface area contributed by atoms with Gasteiger partial charge in [-0.05, 0) is 12.3 Å². The molecule has 0 fully saturated rings. The number of unbranched alkanes of at least 4 members (excludes halogenated alkanes) is 12. The quantitative estimate of drug-likeness (QED) is 0.261. The maximum absolute atomic E-state index is 12.0. The van der Waals surface area contributed by atoms with Crippen molar-refractivity contribution < 1.29 is 14.3 Å². The highest BCUT2D eigenvalue weighted by molar-refractivity contribution is 5.84. The summed E-state index contributed by atoms with van der Waals surface area (Å²) in [5, 5.41) is 2.80. The van der Waals surface area contributed by atoms with E-state index in [4.69, 9.17) is 4.74 Å². The van der Waals surface area contributed by atoms with Crippen LogP contribution < -0.4 is 5.32 Å². The van der Waals surface area contributed by atoms with Crippen molar-refractivity contribution in [1.29, 1.82) is 0 Å². The Hall–Kier alpha value is -1.06. The fourth-order valence-electron chi connectivity index (χ4n) is 3.17. The number of nitrogens with one attached hydrogen (secondary N) is 1. The van der Waals surface area contributed by atoms with Crippen molar-refractivity contribution in [1.82, 2.24) is 5.32 Å². The van der Waals surface area contributed by atoms with Crippen molar-refractivity contribution in [2.75, 3.05) is 7.11 Å². The molecule has 0 aromatic carbocycles. The van der Waals surface area contributed by atoms with Gasteiger partial charge in [0.1, 0.15) is 6.04 Å². The number of hydrogen-bond donors (Lipinski definition) is 1. The van der Waals surface area contributed by atoms with Crippen molar-refractivity contribution in [3.8, 4) is 0 Å². The Balaban J connectivity index is 3.49. The van der Waals surface area contributed by atoms with Crippen LogP contribution in [0, 0.1) is 5.92 Å². The number of ether oxygens (including phenoxy) is 1. The van der Waals surface area contributed by atoms with E-state index in [9.17, 15) is 9.59 Å². The minimum Gasteiger partial charge on any atom is -0.467 e. The molecule has 0 radical (unpaired) electrons. The number of esters is 1. The fraction of sp³-hybridized carbons (Fsp3) is 0.909. The molecule has 0 bridgehead atoms. The van der Waals surface area contributed by atoms with E-state index in [1.54, 1.807) is 0 Å². The zero-order valence-corrected chi connectivity index (χ0v) is 17.8. The Morgan fingerprint density at radius 2 is 1.19 bits per heavy atom. The Kier molecular flexibility index (Phi) is 16.7. The lowest BCUT2D eigenvalue weighted by Gasteiger charge is -2.19. The molecule has 0 aliphatic rings. The summed E-state index contributed by atoms with van der Waals surface area (Å²) in [5.41, 5.74) is 0. The number of carbonyl (C=O) groups excluding carboxylic acids is 2. The van der Waals surface area contributed by atoms with Crippen LogP contribution in [-0.4, -0.2) is 25.0 Å². The summed E-state index contributed by atoms with van der Waals surface area (Å²) in [4.78, 5) is 23.6. The van der Waals surface area contributed by atoms with E-state index in [-0.39, 0.29) is 17.8 Å². The van der Waals surface area contributed by atoms with Crippen LogP contribution in [0.4, 0.5) is 0 Å². The summed E-state index contributed by atoms with van der Waals surface area (Å²) in [6, 6.07) is -0.533. The zero-order valence-electron chi connectivity index (χ0n) is 17.8. The van der Waals surface area contributed by atoms with Crippen LogP contribution in [0.25, 0.3) is 0 Å². The average molecular weight is 370 g/mol. The molecule has 0 rings (SSSR count). The second-order valence-corrected chi connectivity index (χ2v) is 7.81. The molecule has 0 aliphatic carbocycles. The molecular formula is C22H43NO3. The van der Waals surface area contributed by atoms with Crippen LogP contribution in [0.15, 0.2) is 0 Å². The van der Waals surface area contributed by atoms with Gasteiger partial charge in [0.05, 0.1) is 7.11 Å². The van der Waals surface area contributed by atoms with Crippen LogP contribution in [0.3, 0.4) is 0 Å². The first-order valence-corrected chi connectivity index (χ1v) is 10.9.